The van der Waals surface area contributed by atoms with Crippen LogP contribution >= 0.6 is 0 Å². The van der Waals surface area contributed by atoms with Crippen LogP contribution in [0.2, 0.25) is 0 Å². The third kappa shape index (κ3) is 5.11. The minimum absolute atomic E-state index is 0.152. The fourth-order valence-electron chi connectivity index (χ4n) is 3.54. The molecule has 6 N–H and O–H groups in total. The zero-order chi connectivity index (χ0) is 24.3. The van der Waals surface area contributed by atoms with Gasteiger partial charge in [0, 0.05) is 12.1 Å². The summed E-state index contributed by atoms with van der Waals surface area (Å²) >= 11 is 0. The first kappa shape index (κ1) is 25.7. The van der Waals surface area contributed by atoms with Gasteiger partial charge in [-0.15, -0.1) is 0 Å². The highest BCUT2D eigenvalue weighted by Crippen LogP contribution is 2.41. The van der Waals surface area contributed by atoms with E-state index in [4.69, 9.17) is 33.2 Å². The second-order valence-corrected chi connectivity index (χ2v) is 7.71. The summed E-state index contributed by atoms with van der Waals surface area (Å²) in [6, 6.07) is 2.91. The molecule has 0 aliphatic carbocycles. The fraction of sp³-hybridized carbons (Fsp3) is 0.700. The summed E-state index contributed by atoms with van der Waals surface area (Å²) in [6.45, 7) is -1.51. The first-order valence-corrected chi connectivity index (χ1v) is 10.1. The standard InChI is InChI=1S/C20H30O13/c1-27-10-4-9(5-11(28-2)16(10)29-3)32-18-15(24)14(23)13(22)12(33-18)6-30-19-17(25)20(26,7-21)8-31-19/h4-5,12-15,17-19,21-26H,6-8H2,1-3H3/t12-,13-,14-,15-,17+,18-,19-,20?/m1/s1. The van der Waals surface area contributed by atoms with E-state index in [9.17, 15) is 30.6 Å². The summed E-state index contributed by atoms with van der Waals surface area (Å²) in [6.07, 6.45) is -10.3. The van der Waals surface area contributed by atoms with Crippen LogP contribution in [0.4, 0.5) is 0 Å². The molecule has 33 heavy (non-hydrogen) atoms. The highest BCUT2D eigenvalue weighted by molar-refractivity contribution is 5.55. The minimum Gasteiger partial charge on any atom is -0.493 e. The molecule has 1 unspecified atom stereocenters. The molecule has 0 radical (unpaired) electrons. The molecule has 188 valence electrons. The minimum atomic E-state index is -1.88. The van der Waals surface area contributed by atoms with Crippen molar-refractivity contribution < 1.29 is 63.8 Å². The number of aliphatic hydroxyl groups excluding tert-OH is 5. The Labute approximate surface area is 189 Å². The van der Waals surface area contributed by atoms with Crippen molar-refractivity contribution in [1.29, 1.82) is 0 Å². The van der Waals surface area contributed by atoms with E-state index in [1.807, 2.05) is 0 Å². The molecule has 0 aromatic heterocycles. The summed E-state index contributed by atoms with van der Waals surface area (Å²) in [4.78, 5) is 0. The molecule has 1 aromatic carbocycles. The predicted molar refractivity (Wildman–Crippen MR) is 107 cm³/mol. The van der Waals surface area contributed by atoms with Crippen LogP contribution in [-0.2, 0) is 14.2 Å². The summed E-state index contributed by atoms with van der Waals surface area (Å²) < 4.78 is 37.5. The molecule has 0 amide bonds. The Morgan fingerprint density at radius 1 is 0.939 bits per heavy atom. The number of ether oxygens (including phenoxy) is 7. The Balaban J connectivity index is 1.71. The van der Waals surface area contributed by atoms with Crippen LogP contribution in [0.5, 0.6) is 23.0 Å². The van der Waals surface area contributed by atoms with Crippen molar-refractivity contribution >= 4 is 0 Å². The third-order valence-corrected chi connectivity index (χ3v) is 5.56. The first-order chi connectivity index (χ1) is 15.7. The van der Waals surface area contributed by atoms with Crippen LogP contribution < -0.4 is 18.9 Å². The molecular weight excluding hydrogens is 448 g/mol. The lowest BCUT2D eigenvalue weighted by atomic mass is 9.99. The van der Waals surface area contributed by atoms with Crippen molar-refractivity contribution in [2.24, 2.45) is 0 Å². The van der Waals surface area contributed by atoms with Crippen molar-refractivity contribution in [3.63, 3.8) is 0 Å². The van der Waals surface area contributed by atoms with Crippen LogP contribution in [0.15, 0.2) is 12.1 Å². The SMILES string of the molecule is COc1cc(O[C@@H]2O[C@H](CO[C@@H]3OCC(O)(CO)[C@H]3O)[C@@H](O)[C@@H](O)[C@H]2O)cc(OC)c1OC. The molecule has 0 saturated carbocycles. The van der Waals surface area contributed by atoms with Gasteiger partial charge in [-0.05, 0) is 0 Å². The average Bonchev–Trinajstić information content (AvgIpc) is 3.11. The van der Waals surface area contributed by atoms with Crippen molar-refractivity contribution in [1.82, 2.24) is 0 Å². The summed E-state index contributed by atoms with van der Waals surface area (Å²) in [7, 11) is 4.26. The van der Waals surface area contributed by atoms with Gasteiger partial charge >= 0.3 is 0 Å². The molecule has 3 rings (SSSR count). The van der Waals surface area contributed by atoms with Crippen LogP contribution in [0, 0.1) is 0 Å². The van der Waals surface area contributed by atoms with Crippen LogP contribution in [0.3, 0.4) is 0 Å². The van der Waals surface area contributed by atoms with Gasteiger partial charge in [0.25, 0.3) is 0 Å². The number of aliphatic hydroxyl groups is 6. The van der Waals surface area contributed by atoms with Gasteiger partial charge in [-0.25, -0.2) is 0 Å². The number of benzene rings is 1. The van der Waals surface area contributed by atoms with Crippen molar-refractivity contribution in [2.45, 2.75) is 48.7 Å². The van der Waals surface area contributed by atoms with Crippen molar-refractivity contribution in [3.8, 4) is 23.0 Å². The molecule has 2 heterocycles. The van der Waals surface area contributed by atoms with Gasteiger partial charge in [0.15, 0.2) is 17.8 Å². The monoisotopic (exact) mass is 478 g/mol. The van der Waals surface area contributed by atoms with Crippen LogP contribution in [-0.4, -0.2) is 120 Å². The summed E-state index contributed by atoms with van der Waals surface area (Å²) in [5.74, 6) is 1.03. The molecule has 0 spiro atoms. The highest BCUT2D eigenvalue weighted by atomic mass is 16.7. The molecule has 13 nitrogen and oxygen atoms in total. The van der Waals surface area contributed by atoms with Crippen molar-refractivity contribution in [2.75, 3.05) is 41.2 Å². The third-order valence-electron chi connectivity index (χ3n) is 5.56. The first-order valence-electron chi connectivity index (χ1n) is 10.1. The molecule has 13 heteroatoms. The lowest BCUT2D eigenvalue weighted by Crippen LogP contribution is -2.60. The molecule has 8 atom stereocenters. The van der Waals surface area contributed by atoms with Gasteiger partial charge < -0.3 is 63.8 Å². The molecule has 2 aliphatic heterocycles. The lowest BCUT2D eigenvalue weighted by Gasteiger charge is -2.40. The molecule has 0 bridgehead atoms. The topological polar surface area (TPSA) is 186 Å². The summed E-state index contributed by atoms with van der Waals surface area (Å²) in [5.41, 5.74) is -1.88. The van der Waals surface area contributed by atoms with E-state index < -0.39 is 61.9 Å². The number of methoxy groups -OCH3 is 3. The Morgan fingerprint density at radius 2 is 1.58 bits per heavy atom. The van der Waals surface area contributed by atoms with Gasteiger partial charge in [0.1, 0.15) is 41.9 Å². The molecule has 2 saturated heterocycles. The molecule has 2 fully saturated rings. The van der Waals surface area contributed by atoms with Gasteiger partial charge in [0.2, 0.25) is 12.0 Å². The zero-order valence-corrected chi connectivity index (χ0v) is 18.4. The largest absolute Gasteiger partial charge is 0.493 e. The Morgan fingerprint density at radius 3 is 2.09 bits per heavy atom. The maximum absolute atomic E-state index is 10.3. The van der Waals surface area contributed by atoms with E-state index in [1.54, 1.807) is 0 Å². The van der Waals surface area contributed by atoms with E-state index in [0.29, 0.717) is 5.75 Å². The quantitative estimate of drug-likeness (QED) is 0.216. The zero-order valence-electron chi connectivity index (χ0n) is 18.4. The Bertz CT molecular complexity index is 766. The molecular formula is C20H30O13. The molecule has 2 aliphatic rings. The van der Waals surface area contributed by atoms with Gasteiger partial charge in [-0.2, -0.15) is 0 Å². The van der Waals surface area contributed by atoms with Crippen LogP contribution in [0.25, 0.3) is 0 Å². The number of hydrogen-bond acceptors (Lipinski definition) is 13. The second-order valence-electron chi connectivity index (χ2n) is 7.71. The van der Waals surface area contributed by atoms with E-state index in [2.05, 4.69) is 0 Å². The second kappa shape index (κ2) is 10.5. The smallest absolute Gasteiger partial charge is 0.229 e. The van der Waals surface area contributed by atoms with Crippen LogP contribution in [0.1, 0.15) is 0 Å². The van der Waals surface area contributed by atoms with Crippen molar-refractivity contribution in [3.05, 3.63) is 12.1 Å². The Hall–Kier alpha value is -1.94. The van der Waals surface area contributed by atoms with E-state index in [0.717, 1.165) is 0 Å². The van der Waals surface area contributed by atoms with Gasteiger partial charge in [-0.3, -0.25) is 0 Å². The van der Waals surface area contributed by atoms with Gasteiger partial charge in [0.05, 0.1) is 41.2 Å². The highest BCUT2D eigenvalue weighted by Gasteiger charge is 2.50. The summed E-state index contributed by atoms with van der Waals surface area (Å²) in [5, 5.41) is 60.2. The number of hydrogen-bond donors (Lipinski definition) is 6. The fourth-order valence-corrected chi connectivity index (χ4v) is 3.54. The Kier molecular flexibility index (Phi) is 8.21. The normalized spacial score (nSPS) is 36.5. The van der Waals surface area contributed by atoms with E-state index >= 15 is 0 Å². The average molecular weight is 478 g/mol. The van der Waals surface area contributed by atoms with Gasteiger partial charge in [-0.1, -0.05) is 0 Å². The lowest BCUT2D eigenvalue weighted by molar-refractivity contribution is -0.289. The number of rotatable bonds is 9. The predicted octanol–water partition coefficient (Wildman–Crippen LogP) is -2.64. The van der Waals surface area contributed by atoms with E-state index in [1.165, 1.54) is 33.5 Å². The van der Waals surface area contributed by atoms with E-state index in [-0.39, 0.29) is 23.9 Å². The molecule has 1 aromatic rings. The maximum atomic E-state index is 10.3. The maximum Gasteiger partial charge on any atom is 0.229 e.